The number of carbonyl (C=O) groups is 1. The van der Waals surface area contributed by atoms with Crippen molar-refractivity contribution >= 4 is 28.9 Å². The maximum absolute atomic E-state index is 12.1. The van der Waals surface area contributed by atoms with Gasteiger partial charge in [-0.1, -0.05) is 18.2 Å². The summed E-state index contributed by atoms with van der Waals surface area (Å²) in [5, 5.41) is 0.768. The second-order valence-corrected chi connectivity index (χ2v) is 5.66. The number of methoxy groups -OCH3 is 1. The Morgan fingerprint density at radius 3 is 2.86 bits per heavy atom. The van der Waals surface area contributed by atoms with Crippen molar-refractivity contribution < 1.29 is 14.3 Å². The highest BCUT2D eigenvalue weighted by atomic mass is 32.2. The van der Waals surface area contributed by atoms with Crippen LogP contribution in [0.25, 0.3) is 6.08 Å². The predicted molar refractivity (Wildman–Crippen MR) is 83.4 cm³/mol. The smallest absolute Gasteiger partial charge is 0.286 e. The van der Waals surface area contributed by atoms with Crippen LogP contribution >= 0.6 is 11.8 Å². The molecule has 21 heavy (non-hydrogen) atoms. The maximum atomic E-state index is 12.1. The number of carbonyl (C=O) groups excluding carboxylic acids is 1. The zero-order valence-electron chi connectivity index (χ0n) is 11.7. The molecule has 2 aliphatic heterocycles. The van der Waals surface area contributed by atoms with Gasteiger partial charge >= 0.3 is 0 Å². The molecule has 0 N–H and O–H groups in total. The van der Waals surface area contributed by atoms with Crippen LogP contribution in [0.4, 0.5) is 0 Å². The van der Waals surface area contributed by atoms with Gasteiger partial charge in [0.15, 0.2) is 5.17 Å². The first-order chi connectivity index (χ1) is 10.3. The Labute approximate surface area is 127 Å². The molecule has 0 bridgehead atoms. The number of thioether (sulfide) groups is 1. The minimum absolute atomic E-state index is 0.188. The molecular weight excluding hydrogens is 288 g/mol. The molecule has 1 aromatic carbocycles. The fraction of sp³-hybridized carbons (Fsp3) is 0.333. The molecular formula is C15H16N2O3S. The highest BCUT2D eigenvalue weighted by molar-refractivity contribution is 8.18. The van der Waals surface area contributed by atoms with E-state index in [0.29, 0.717) is 18.1 Å². The van der Waals surface area contributed by atoms with Crippen LogP contribution in [-0.2, 0) is 9.53 Å². The molecule has 0 unspecified atom stereocenters. The van der Waals surface area contributed by atoms with Gasteiger partial charge in [-0.15, -0.1) is 0 Å². The normalized spacial score (nSPS) is 20.8. The van der Waals surface area contributed by atoms with E-state index in [-0.39, 0.29) is 5.91 Å². The lowest BCUT2D eigenvalue weighted by atomic mass is 10.2. The van der Waals surface area contributed by atoms with Crippen LogP contribution in [0.15, 0.2) is 34.2 Å². The SMILES string of the molecule is COc1ccccc1/C=C1\SC(N2CCOCC2)=NC1=O. The Kier molecular flexibility index (Phi) is 4.26. The van der Waals surface area contributed by atoms with E-state index in [1.807, 2.05) is 30.3 Å². The molecule has 1 aromatic rings. The zero-order valence-corrected chi connectivity index (χ0v) is 12.6. The summed E-state index contributed by atoms with van der Waals surface area (Å²) in [5.41, 5.74) is 0.884. The summed E-state index contributed by atoms with van der Waals surface area (Å²) in [6.45, 7) is 2.92. The highest BCUT2D eigenvalue weighted by Gasteiger charge is 2.27. The number of hydrogen-bond acceptors (Lipinski definition) is 5. The quantitative estimate of drug-likeness (QED) is 0.782. The summed E-state index contributed by atoms with van der Waals surface area (Å²) in [4.78, 5) is 18.9. The molecule has 5 nitrogen and oxygen atoms in total. The van der Waals surface area contributed by atoms with Crippen molar-refractivity contribution in [2.24, 2.45) is 4.99 Å². The minimum atomic E-state index is -0.188. The largest absolute Gasteiger partial charge is 0.496 e. The molecule has 110 valence electrons. The first kappa shape index (κ1) is 14.2. The summed E-state index contributed by atoms with van der Waals surface area (Å²) >= 11 is 1.42. The van der Waals surface area contributed by atoms with Crippen molar-refractivity contribution in [1.29, 1.82) is 0 Å². The molecule has 2 heterocycles. The van der Waals surface area contributed by atoms with Gasteiger partial charge in [-0.2, -0.15) is 4.99 Å². The van der Waals surface area contributed by atoms with Crippen LogP contribution in [0.3, 0.4) is 0 Å². The number of morpholine rings is 1. The van der Waals surface area contributed by atoms with E-state index < -0.39 is 0 Å². The molecule has 0 radical (unpaired) electrons. The fourth-order valence-corrected chi connectivity index (χ4v) is 3.17. The van der Waals surface area contributed by atoms with E-state index in [1.165, 1.54) is 11.8 Å². The molecule has 0 spiro atoms. The van der Waals surface area contributed by atoms with Crippen LogP contribution in [0, 0.1) is 0 Å². The third-order valence-electron chi connectivity index (χ3n) is 3.32. The Balaban J connectivity index is 1.79. The van der Waals surface area contributed by atoms with Crippen molar-refractivity contribution in [1.82, 2.24) is 4.90 Å². The molecule has 6 heteroatoms. The highest BCUT2D eigenvalue weighted by Crippen LogP contribution is 2.32. The monoisotopic (exact) mass is 304 g/mol. The number of ether oxygens (including phenoxy) is 2. The molecule has 0 aliphatic carbocycles. The van der Waals surface area contributed by atoms with Crippen molar-refractivity contribution in [3.05, 3.63) is 34.7 Å². The fourth-order valence-electron chi connectivity index (χ4n) is 2.21. The Morgan fingerprint density at radius 1 is 1.33 bits per heavy atom. The van der Waals surface area contributed by atoms with Gasteiger partial charge in [0.05, 0.1) is 25.2 Å². The lowest BCUT2D eigenvalue weighted by Gasteiger charge is -2.27. The number of para-hydroxylation sites is 1. The third kappa shape index (κ3) is 3.11. The first-order valence-corrected chi connectivity index (χ1v) is 7.58. The molecule has 0 saturated carbocycles. The second-order valence-electron chi connectivity index (χ2n) is 4.65. The lowest BCUT2D eigenvalue weighted by molar-refractivity contribution is -0.113. The molecule has 3 rings (SSSR count). The number of benzene rings is 1. The summed E-state index contributed by atoms with van der Waals surface area (Å²) in [6, 6.07) is 7.62. The molecule has 0 aromatic heterocycles. The van der Waals surface area contributed by atoms with Gasteiger partial charge in [0.25, 0.3) is 5.91 Å². The van der Waals surface area contributed by atoms with Crippen molar-refractivity contribution in [3.8, 4) is 5.75 Å². The average Bonchev–Trinajstić information content (AvgIpc) is 2.90. The number of rotatable bonds is 2. The topological polar surface area (TPSA) is 51.1 Å². The molecule has 1 fully saturated rings. The number of nitrogens with zero attached hydrogens (tertiary/aromatic N) is 2. The summed E-state index contributed by atoms with van der Waals surface area (Å²) in [5.74, 6) is 0.561. The zero-order chi connectivity index (χ0) is 14.7. The predicted octanol–water partition coefficient (Wildman–Crippen LogP) is 2.00. The minimum Gasteiger partial charge on any atom is -0.496 e. The van der Waals surface area contributed by atoms with Gasteiger partial charge in [0.1, 0.15) is 5.75 Å². The van der Waals surface area contributed by atoms with Gasteiger partial charge in [-0.05, 0) is 23.9 Å². The van der Waals surface area contributed by atoms with Crippen LogP contribution < -0.4 is 4.74 Å². The van der Waals surface area contributed by atoms with Gasteiger partial charge in [-0.25, -0.2) is 0 Å². The van der Waals surface area contributed by atoms with E-state index in [4.69, 9.17) is 9.47 Å². The van der Waals surface area contributed by atoms with Crippen molar-refractivity contribution in [2.75, 3.05) is 33.4 Å². The van der Waals surface area contributed by atoms with Crippen LogP contribution in [-0.4, -0.2) is 49.4 Å². The van der Waals surface area contributed by atoms with Crippen LogP contribution in [0.1, 0.15) is 5.56 Å². The van der Waals surface area contributed by atoms with Crippen LogP contribution in [0.5, 0.6) is 5.75 Å². The molecule has 2 aliphatic rings. The standard InChI is InChI=1S/C15H16N2O3S/c1-19-12-5-3-2-4-11(12)10-13-14(18)16-15(21-13)17-6-8-20-9-7-17/h2-5,10H,6-9H2,1H3/b13-10-. The summed E-state index contributed by atoms with van der Waals surface area (Å²) in [7, 11) is 1.62. The Morgan fingerprint density at radius 2 is 2.10 bits per heavy atom. The number of amidine groups is 1. The summed E-state index contributed by atoms with van der Waals surface area (Å²) < 4.78 is 10.6. The van der Waals surface area contributed by atoms with E-state index in [0.717, 1.165) is 29.6 Å². The number of aliphatic imine (C=N–C) groups is 1. The van der Waals surface area contributed by atoms with E-state index in [2.05, 4.69) is 9.89 Å². The first-order valence-electron chi connectivity index (χ1n) is 6.76. The average molecular weight is 304 g/mol. The van der Waals surface area contributed by atoms with Gasteiger partial charge < -0.3 is 14.4 Å². The molecule has 1 amide bonds. The lowest BCUT2D eigenvalue weighted by Crippen LogP contribution is -2.38. The van der Waals surface area contributed by atoms with Crippen molar-refractivity contribution in [3.63, 3.8) is 0 Å². The van der Waals surface area contributed by atoms with E-state index in [9.17, 15) is 4.79 Å². The maximum Gasteiger partial charge on any atom is 0.286 e. The Bertz CT molecular complexity index is 607. The van der Waals surface area contributed by atoms with Gasteiger partial charge in [-0.3, -0.25) is 4.79 Å². The third-order valence-corrected chi connectivity index (χ3v) is 4.36. The van der Waals surface area contributed by atoms with E-state index in [1.54, 1.807) is 7.11 Å². The van der Waals surface area contributed by atoms with Gasteiger partial charge in [0.2, 0.25) is 0 Å². The second kappa shape index (κ2) is 6.32. The summed E-state index contributed by atoms with van der Waals surface area (Å²) in [6.07, 6.45) is 1.84. The Hall–Kier alpha value is -1.79. The number of amides is 1. The van der Waals surface area contributed by atoms with Crippen LogP contribution in [0.2, 0.25) is 0 Å². The van der Waals surface area contributed by atoms with Crippen molar-refractivity contribution in [2.45, 2.75) is 0 Å². The van der Waals surface area contributed by atoms with Gasteiger partial charge in [0, 0.05) is 18.7 Å². The molecule has 0 atom stereocenters. The van der Waals surface area contributed by atoms with E-state index >= 15 is 0 Å². The molecule has 1 saturated heterocycles. The number of hydrogen-bond donors (Lipinski definition) is 0.